The number of Topliss-reactive ketones (excluding diaryl/α,β-unsaturated/α-hetero) is 1. The quantitative estimate of drug-likeness (QED) is 0.804. The lowest BCUT2D eigenvalue weighted by molar-refractivity contribution is 0.101. The van der Waals surface area contributed by atoms with Gasteiger partial charge in [0, 0.05) is 24.8 Å². The normalized spacial score (nSPS) is 15.1. The fraction of sp³-hybridized carbons (Fsp3) is 0.533. The zero-order valence-electron chi connectivity index (χ0n) is 11.2. The molecule has 0 spiro atoms. The van der Waals surface area contributed by atoms with Crippen LogP contribution < -0.4 is 4.90 Å². The highest BCUT2D eigenvalue weighted by atomic mass is 19.1. The molecule has 1 saturated carbocycles. The second kappa shape index (κ2) is 6.15. The third-order valence-corrected chi connectivity index (χ3v) is 3.73. The highest BCUT2D eigenvalue weighted by Crippen LogP contribution is 2.33. The van der Waals surface area contributed by atoms with Gasteiger partial charge in [-0.25, -0.2) is 4.39 Å². The smallest absolute Gasteiger partial charge is 0.161 e. The minimum absolute atomic E-state index is 0.0765. The van der Waals surface area contributed by atoms with Gasteiger partial charge < -0.3 is 10.0 Å². The van der Waals surface area contributed by atoms with Gasteiger partial charge in [-0.3, -0.25) is 4.79 Å². The van der Waals surface area contributed by atoms with E-state index in [0.717, 1.165) is 19.3 Å². The Labute approximate surface area is 113 Å². The molecule has 0 aliphatic heterocycles. The summed E-state index contributed by atoms with van der Waals surface area (Å²) < 4.78 is 14.2. The Hall–Kier alpha value is -1.42. The van der Waals surface area contributed by atoms with E-state index in [2.05, 4.69) is 0 Å². The molecule has 0 bridgehead atoms. The predicted octanol–water partition coefficient (Wildman–Crippen LogP) is 2.77. The maximum atomic E-state index is 14.2. The fourth-order valence-electron chi connectivity index (χ4n) is 2.51. The molecule has 0 saturated heterocycles. The standard InChI is InChI=1S/C15H20FNO2/c1-11(19)13-7-3-8-14(16)15(13)17(9-4-10-18)12-5-2-6-12/h3,7-8,12,18H,2,4-6,9-10H2,1H3. The summed E-state index contributed by atoms with van der Waals surface area (Å²) in [4.78, 5) is 13.6. The Morgan fingerprint density at radius 3 is 2.74 bits per heavy atom. The molecule has 1 aliphatic carbocycles. The molecule has 1 aromatic carbocycles. The lowest BCUT2D eigenvalue weighted by Crippen LogP contribution is -2.42. The summed E-state index contributed by atoms with van der Waals surface area (Å²) in [7, 11) is 0. The maximum Gasteiger partial charge on any atom is 0.161 e. The molecular formula is C15H20FNO2. The Balaban J connectivity index is 2.36. The number of hydrogen-bond acceptors (Lipinski definition) is 3. The Morgan fingerprint density at radius 2 is 2.21 bits per heavy atom. The van der Waals surface area contributed by atoms with Gasteiger partial charge in [-0.05, 0) is 44.7 Å². The topological polar surface area (TPSA) is 40.5 Å². The highest BCUT2D eigenvalue weighted by molar-refractivity contribution is 5.99. The van der Waals surface area contributed by atoms with Crippen LogP contribution in [0.2, 0.25) is 0 Å². The zero-order chi connectivity index (χ0) is 13.8. The number of carbonyl (C=O) groups is 1. The van der Waals surface area contributed by atoms with Crippen LogP contribution in [0.5, 0.6) is 0 Å². The van der Waals surface area contributed by atoms with Crippen molar-refractivity contribution in [2.24, 2.45) is 0 Å². The van der Waals surface area contributed by atoms with E-state index in [1.807, 2.05) is 4.90 Å². The second-order valence-electron chi connectivity index (χ2n) is 5.05. The molecule has 0 amide bonds. The lowest BCUT2D eigenvalue weighted by atomic mass is 9.90. The number of halogens is 1. The van der Waals surface area contributed by atoms with Crippen molar-refractivity contribution in [2.45, 2.75) is 38.6 Å². The van der Waals surface area contributed by atoms with Gasteiger partial charge in [0.15, 0.2) is 5.78 Å². The number of benzene rings is 1. The van der Waals surface area contributed by atoms with Gasteiger partial charge in [0.1, 0.15) is 5.82 Å². The first-order valence-corrected chi connectivity index (χ1v) is 6.82. The van der Waals surface area contributed by atoms with Gasteiger partial charge in [-0.15, -0.1) is 0 Å². The molecule has 0 atom stereocenters. The molecule has 104 valence electrons. The van der Waals surface area contributed by atoms with E-state index in [0.29, 0.717) is 30.3 Å². The lowest BCUT2D eigenvalue weighted by Gasteiger charge is -2.40. The summed E-state index contributed by atoms with van der Waals surface area (Å²) in [6, 6.07) is 4.93. The molecule has 4 heteroatoms. The minimum atomic E-state index is -0.350. The summed E-state index contributed by atoms with van der Waals surface area (Å²) in [6.45, 7) is 2.12. The summed E-state index contributed by atoms with van der Waals surface area (Å²) in [5.74, 6) is -0.472. The number of para-hydroxylation sites is 1. The average molecular weight is 265 g/mol. The van der Waals surface area contributed by atoms with Gasteiger partial charge in [0.2, 0.25) is 0 Å². The monoisotopic (exact) mass is 265 g/mol. The summed E-state index contributed by atoms with van der Waals surface area (Å²) >= 11 is 0. The van der Waals surface area contributed by atoms with Crippen molar-refractivity contribution >= 4 is 11.5 Å². The van der Waals surface area contributed by atoms with Crippen LogP contribution in [0.4, 0.5) is 10.1 Å². The Kier molecular flexibility index (Phi) is 4.53. The predicted molar refractivity (Wildman–Crippen MR) is 73.1 cm³/mol. The van der Waals surface area contributed by atoms with Gasteiger partial charge in [-0.2, -0.15) is 0 Å². The summed E-state index contributed by atoms with van der Waals surface area (Å²) in [5.41, 5.74) is 0.845. The minimum Gasteiger partial charge on any atom is -0.396 e. The number of rotatable bonds is 6. The molecular weight excluding hydrogens is 245 g/mol. The highest BCUT2D eigenvalue weighted by Gasteiger charge is 2.29. The van der Waals surface area contributed by atoms with Gasteiger partial charge >= 0.3 is 0 Å². The Morgan fingerprint density at radius 1 is 1.47 bits per heavy atom. The van der Waals surface area contributed by atoms with Crippen LogP contribution in [-0.4, -0.2) is 30.1 Å². The number of nitrogens with zero attached hydrogens (tertiary/aromatic N) is 1. The van der Waals surface area contributed by atoms with E-state index < -0.39 is 0 Å². The first-order chi connectivity index (χ1) is 9.15. The van der Waals surface area contributed by atoms with Crippen molar-refractivity contribution in [1.29, 1.82) is 0 Å². The number of anilines is 1. The van der Waals surface area contributed by atoms with Crippen LogP contribution in [0.15, 0.2) is 18.2 Å². The number of aliphatic hydroxyl groups is 1. The third kappa shape index (κ3) is 2.95. The van der Waals surface area contributed by atoms with Crippen LogP contribution in [0, 0.1) is 5.82 Å². The molecule has 19 heavy (non-hydrogen) atoms. The molecule has 3 nitrogen and oxygen atoms in total. The maximum absolute atomic E-state index is 14.2. The first-order valence-electron chi connectivity index (χ1n) is 6.82. The average Bonchev–Trinajstić information content (AvgIpc) is 2.32. The third-order valence-electron chi connectivity index (χ3n) is 3.73. The van der Waals surface area contributed by atoms with Crippen LogP contribution in [-0.2, 0) is 0 Å². The van der Waals surface area contributed by atoms with Crippen molar-refractivity contribution in [2.75, 3.05) is 18.1 Å². The van der Waals surface area contributed by atoms with E-state index in [-0.39, 0.29) is 18.2 Å². The van der Waals surface area contributed by atoms with Gasteiger partial charge in [-0.1, -0.05) is 6.07 Å². The Bertz CT molecular complexity index is 457. The van der Waals surface area contributed by atoms with Crippen molar-refractivity contribution in [3.8, 4) is 0 Å². The van der Waals surface area contributed by atoms with Crippen LogP contribution >= 0.6 is 0 Å². The number of hydrogen-bond donors (Lipinski definition) is 1. The molecule has 0 unspecified atom stereocenters. The number of aliphatic hydroxyl groups excluding tert-OH is 1. The van der Waals surface area contributed by atoms with E-state index in [1.54, 1.807) is 12.1 Å². The van der Waals surface area contributed by atoms with E-state index in [4.69, 9.17) is 5.11 Å². The molecule has 0 heterocycles. The SMILES string of the molecule is CC(=O)c1cccc(F)c1N(CCCO)C1CCC1. The molecule has 1 aliphatic rings. The molecule has 1 N–H and O–H groups in total. The van der Waals surface area contributed by atoms with E-state index >= 15 is 0 Å². The summed E-state index contributed by atoms with van der Waals surface area (Å²) in [5, 5.41) is 8.99. The number of carbonyl (C=O) groups excluding carboxylic acids is 1. The number of ketones is 1. The molecule has 1 aromatic rings. The summed E-state index contributed by atoms with van der Waals surface area (Å²) in [6.07, 6.45) is 3.78. The van der Waals surface area contributed by atoms with E-state index in [1.165, 1.54) is 13.0 Å². The molecule has 2 rings (SSSR count). The molecule has 1 fully saturated rings. The van der Waals surface area contributed by atoms with Crippen LogP contribution in [0.3, 0.4) is 0 Å². The fourth-order valence-corrected chi connectivity index (χ4v) is 2.51. The van der Waals surface area contributed by atoms with Gasteiger partial charge in [0.25, 0.3) is 0 Å². The van der Waals surface area contributed by atoms with Gasteiger partial charge in [0.05, 0.1) is 5.69 Å². The van der Waals surface area contributed by atoms with Crippen molar-refractivity contribution in [3.63, 3.8) is 0 Å². The first kappa shape index (κ1) is 14.0. The van der Waals surface area contributed by atoms with Crippen LogP contribution in [0.25, 0.3) is 0 Å². The molecule has 0 radical (unpaired) electrons. The van der Waals surface area contributed by atoms with Crippen molar-refractivity contribution in [3.05, 3.63) is 29.6 Å². The van der Waals surface area contributed by atoms with Crippen molar-refractivity contribution < 1.29 is 14.3 Å². The molecule has 0 aromatic heterocycles. The van der Waals surface area contributed by atoms with Crippen LogP contribution in [0.1, 0.15) is 43.0 Å². The zero-order valence-corrected chi connectivity index (χ0v) is 11.2. The second-order valence-corrected chi connectivity index (χ2v) is 5.05. The van der Waals surface area contributed by atoms with Crippen molar-refractivity contribution in [1.82, 2.24) is 0 Å². The largest absolute Gasteiger partial charge is 0.396 e. The van der Waals surface area contributed by atoms with E-state index in [9.17, 15) is 9.18 Å².